The Bertz CT molecular complexity index is 723. The van der Waals surface area contributed by atoms with Crippen molar-refractivity contribution in [2.75, 3.05) is 5.32 Å². The van der Waals surface area contributed by atoms with Crippen LogP contribution < -0.4 is 11.1 Å². The number of carbonyl (C=O) groups excluding carboxylic acids is 1. The van der Waals surface area contributed by atoms with Gasteiger partial charge >= 0.3 is 0 Å². The Kier molecular flexibility index (Phi) is 4.49. The Morgan fingerprint density at radius 2 is 1.87 bits per heavy atom. The molecule has 0 heterocycles. The zero-order valence-corrected chi connectivity index (χ0v) is 13.8. The van der Waals surface area contributed by atoms with Gasteiger partial charge in [0.05, 0.1) is 0 Å². The van der Waals surface area contributed by atoms with Crippen molar-refractivity contribution in [3.05, 3.63) is 64.7 Å². The van der Waals surface area contributed by atoms with Crippen LogP contribution in [-0.4, -0.2) is 11.9 Å². The zero-order chi connectivity index (χ0) is 16.4. The third-order valence-corrected chi connectivity index (χ3v) is 4.84. The van der Waals surface area contributed by atoms with E-state index in [1.165, 1.54) is 11.1 Å². The third kappa shape index (κ3) is 3.45. The van der Waals surface area contributed by atoms with E-state index in [-0.39, 0.29) is 5.91 Å². The molecule has 0 aliphatic heterocycles. The molecule has 3 heteroatoms. The van der Waals surface area contributed by atoms with Crippen molar-refractivity contribution in [2.45, 2.75) is 45.1 Å². The second-order valence-electron chi connectivity index (χ2n) is 6.61. The van der Waals surface area contributed by atoms with E-state index in [2.05, 4.69) is 18.3 Å². The number of hydrogen-bond donors (Lipinski definition) is 2. The van der Waals surface area contributed by atoms with Gasteiger partial charge in [-0.3, -0.25) is 4.79 Å². The van der Waals surface area contributed by atoms with Crippen molar-refractivity contribution in [1.82, 2.24) is 0 Å². The Balaban J connectivity index is 1.77. The summed E-state index contributed by atoms with van der Waals surface area (Å²) in [6, 6.07) is 14.2. The molecule has 0 spiro atoms. The number of anilines is 1. The van der Waals surface area contributed by atoms with Gasteiger partial charge in [0.25, 0.3) is 5.91 Å². The number of rotatable bonds is 3. The highest BCUT2D eigenvalue weighted by molar-refractivity contribution is 6.04. The average Bonchev–Trinajstić information content (AvgIpc) is 2.95. The molecule has 1 aliphatic carbocycles. The molecule has 2 atom stereocenters. The zero-order valence-electron chi connectivity index (χ0n) is 13.8. The molecule has 1 amide bonds. The molecule has 1 aliphatic rings. The lowest BCUT2D eigenvalue weighted by Gasteiger charge is -2.15. The van der Waals surface area contributed by atoms with Gasteiger partial charge in [-0.2, -0.15) is 0 Å². The number of hydrogen-bond acceptors (Lipinski definition) is 2. The van der Waals surface area contributed by atoms with Crippen LogP contribution in [0.4, 0.5) is 5.69 Å². The van der Waals surface area contributed by atoms with E-state index in [0.29, 0.717) is 17.5 Å². The van der Waals surface area contributed by atoms with Gasteiger partial charge in [0, 0.05) is 17.3 Å². The molecule has 1 saturated carbocycles. The van der Waals surface area contributed by atoms with Crippen LogP contribution in [0.15, 0.2) is 42.5 Å². The Morgan fingerprint density at radius 3 is 2.52 bits per heavy atom. The topological polar surface area (TPSA) is 55.1 Å². The Hall–Kier alpha value is -2.13. The summed E-state index contributed by atoms with van der Waals surface area (Å²) in [5, 5.41) is 2.99. The highest BCUT2D eigenvalue weighted by atomic mass is 16.1. The third-order valence-electron chi connectivity index (χ3n) is 4.84. The molecule has 0 radical (unpaired) electrons. The maximum atomic E-state index is 12.5. The van der Waals surface area contributed by atoms with Crippen LogP contribution in [0.3, 0.4) is 0 Å². The maximum absolute atomic E-state index is 12.5. The summed E-state index contributed by atoms with van der Waals surface area (Å²) < 4.78 is 0. The van der Waals surface area contributed by atoms with Gasteiger partial charge in [-0.25, -0.2) is 0 Å². The molecule has 0 aromatic heterocycles. The van der Waals surface area contributed by atoms with Crippen molar-refractivity contribution in [3.8, 4) is 0 Å². The predicted molar refractivity (Wildman–Crippen MR) is 94.9 cm³/mol. The molecule has 120 valence electrons. The van der Waals surface area contributed by atoms with Gasteiger partial charge in [-0.1, -0.05) is 24.3 Å². The largest absolute Gasteiger partial charge is 0.328 e. The summed E-state index contributed by atoms with van der Waals surface area (Å²) in [5.41, 5.74) is 11.2. The standard InChI is InChI=1S/C20H24N2O/c1-13-5-3-4-6-19(13)22-20(23)16-8-10-18(14(2)11-16)15-7-9-17(21)12-15/h3-6,8,10-11,15,17H,7,9,12,21H2,1-2H3,(H,22,23). The number of nitrogens with two attached hydrogens (primary N) is 1. The second-order valence-corrected chi connectivity index (χ2v) is 6.61. The summed E-state index contributed by atoms with van der Waals surface area (Å²) in [5.74, 6) is 0.482. The molecule has 23 heavy (non-hydrogen) atoms. The number of nitrogens with one attached hydrogen (secondary N) is 1. The van der Waals surface area contributed by atoms with Crippen molar-refractivity contribution in [3.63, 3.8) is 0 Å². The van der Waals surface area contributed by atoms with E-state index in [1.807, 2.05) is 43.3 Å². The highest BCUT2D eigenvalue weighted by Gasteiger charge is 2.24. The molecule has 2 aromatic carbocycles. The summed E-state index contributed by atoms with van der Waals surface area (Å²) in [6.07, 6.45) is 3.30. The van der Waals surface area contributed by atoms with Gasteiger partial charge < -0.3 is 11.1 Å². The summed E-state index contributed by atoms with van der Waals surface area (Å²) in [6.45, 7) is 4.08. The first-order chi connectivity index (χ1) is 11.0. The lowest BCUT2D eigenvalue weighted by atomic mass is 9.92. The minimum atomic E-state index is -0.0583. The minimum absolute atomic E-state index is 0.0583. The van der Waals surface area contributed by atoms with E-state index in [0.717, 1.165) is 30.5 Å². The number of benzene rings is 2. The van der Waals surface area contributed by atoms with Gasteiger partial charge in [0.2, 0.25) is 0 Å². The molecule has 1 fully saturated rings. The normalized spacial score (nSPS) is 20.5. The van der Waals surface area contributed by atoms with E-state index in [9.17, 15) is 4.79 Å². The lowest BCUT2D eigenvalue weighted by Crippen LogP contribution is -2.15. The number of aryl methyl sites for hydroxylation is 2. The van der Waals surface area contributed by atoms with Crippen molar-refractivity contribution in [2.24, 2.45) is 5.73 Å². The minimum Gasteiger partial charge on any atom is -0.328 e. The maximum Gasteiger partial charge on any atom is 0.255 e. The number of carbonyl (C=O) groups is 1. The first-order valence-electron chi connectivity index (χ1n) is 8.27. The van der Waals surface area contributed by atoms with Crippen LogP contribution in [-0.2, 0) is 0 Å². The van der Waals surface area contributed by atoms with Crippen molar-refractivity contribution < 1.29 is 4.79 Å². The fourth-order valence-electron chi connectivity index (χ4n) is 3.48. The lowest BCUT2D eigenvalue weighted by molar-refractivity contribution is 0.102. The van der Waals surface area contributed by atoms with E-state index in [1.54, 1.807) is 0 Å². The van der Waals surface area contributed by atoms with Crippen LogP contribution >= 0.6 is 0 Å². The average molecular weight is 308 g/mol. The van der Waals surface area contributed by atoms with Crippen LogP contribution in [0.2, 0.25) is 0 Å². The smallest absolute Gasteiger partial charge is 0.255 e. The predicted octanol–water partition coefficient (Wildman–Crippen LogP) is 4.15. The molecule has 3 rings (SSSR count). The van der Waals surface area contributed by atoms with Crippen molar-refractivity contribution in [1.29, 1.82) is 0 Å². The highest BCUT2D eigenvalue weighted by Crippen LogP contribution is 2.35. The molecule has 2 unspecified atom stereocenters. The van der Waals surface area contributed by atoms with Gasteiger partial charge in [-0.05, 0) is 73.9 Å². The summed E-state index contributed by atoms with van der Waals surface area (Å²) in [4.78, 5) is 12.5. The fourth-order valence-corrected chi connectivity index (χ4v) is 3.48. The monoisotopic (exact) mass is 308 g/mol. The molecule has 0 bridgehead atoms. The van der Waals surface area contributed by atoms with E-state index in [4.69, 9.17) is 5.73 Å². The van der Waals surface area contributed by atoms with E-state index >= 15 is 0 Å². The van der Waals surface area contributed by atoms with Crippen LogP contribution in [0.5, 0.6) is 0 Å². The molecule has 2 aromatic rings. The van der Waals surface area contributed by atoms with Gasteiger partial charge in [0.15, 0.2) is 0 Å². The van der Waals surface area contributed by atoms with Crippen molar-refractivity contribution >= 4 is 11.6 Å². The molecular weight excluding hydrogens is 284 g/mol. The van der Waals surface area contributed by atoms with Crippen LogP contribution in [0.1, 0.15) is 52.2 Å². The molecule has 0 saturated heterocycles. The summed E-state index contributed by atoms with van der Waals surface area (Å²) in [7, 11) is 0. The Morgan fingerprint density at radius 1 is 1.09 bits per heavy atom. The first kappa shape index (κ1) is 15.8. The first-order valence-corrected chi connectivity index (χ1v) is 8.27. The van der Waals surface area contributed by atoms with E-state index < -0.39 is 0 Å². The van der Waals surface area contributed by atoms with Gasteiger partial charge in [0.1, 0.15) is 0 Å². The SMILES string of the molecule is Cc1ccccc1NC(=O)c1ccc(C2CCC(N)C2)c(C)c1. The summed E-state index contributed by atoms with van der Waals surface area (Å²) >= 11 is 0. The quantitative estimate of drug-likeness (QED) is 0.895. The molecular formula is C20H24N2O. The molecule has 3 nitrogen and oxygen atoms in total. The second kappa shape index (κ2) is 6.55. The van der Waals surface area contributed by atoms with Crippen LogP contribution in [0.25, 0.3) is 0 Å². The van der Waals surface area contributed by atoms with Crippen LogP contribution in [0, 0.1) is 13.8 Å². The Labute approximate surface area is 137 Å². The number of amides is 1. The molecule has 3 N–H and O–H groups in total. The fraction of sp³-hybridized carbons (Fsp3) is 0.350. The number of para-hydroxylation sites is 1. The van der Waals surface area contributed by atoms with Gasteiger partial charge in [-0.15, -0.1) is 0 Å².